The maximum Gasteiger partial charge on any atom is -0.000696 e. The molecule has 0 amide bonds. The van der Waals surface area contributed by atoms with Crippen molar-refractivity contribution >= 4 is 60.7 Å². The minimum atomic E-state index is 1.02. The van der Waals surface area contributed by atoms with Crippen molar-refractivity contribution in [2.75, 3.05) is 0 Å². The van der Waals surface area contributed by atoms with Crippen molar-refractivity contribution in [3.05, 3.63) is 184 Å². The molecule has 0 radical (unpaired) electrons. The normalized spacial score (nSPS) is 14.6. The molecule has 0 heterocycles. The molecule has 7 aromatic rings. The Morgan fingerprint density at radius 2 is 0.977 bits per heavy atom. The summed E-state index contributed by atoms with van der Waals surface area (Å²) in [7, 11) is 0. The molecule has 3 aliphatic rings. The highest BCUT2D eigenvalue weighted by Gasteiger charge is 2.39. The van der Waals surface area contributed by atoms with Crippen LogP contribution in [-0.2, 0) is 6.42 Å². The maximum absolute atomic E-state index is 2.42. The van der Waals surface area contributed by atoms with E-state index in [1.807, 2.05) is 0 Å². The molecule has 43 heavy (non-hydrogen) atoms. The lowest BCUT2D eigenvalue weighted by atomic mass is 9.86. The summed E-state index contributed by atoms with van der Waals surface area (Å²) in [6.45, 7) is 0. The van der Waals surface area contributed by atoms with E-state index in [4.69, 9.17) is 0 Å². The zero-order chi connectivity index (χ0) is 28.1. The van der Waals surface area contributed by atoms with E-state index in [9.17, 15) is 0 Å². The fourth-order valence-electron chi connectivity index (χ4n) is 7.94. The Labute approximate surface area is 250 Å². The quantitative estimate of drug-likeness (QED) is 0.204. The van der Waals surface area contributed by atoms with Gasteiger partial charge in [0.25, 0.3) is 0 Å². The van der Waals surface area contributed by atoms with E-state index in [-0.39, 0.29) is 0 Å². The molecule has 198 valence electrons. The molecule has 0 N–H and O–H groups in total. The number of fused-ring (bicyclic) bond motifs is 11. The molecule has 0 aromatic heterocycles. The first kappa shape index (κ1) is 23.1. The Hall–Kier alpha value is -5.46. The van der Waals surface area contributed by atoms with Crippen LogP contribution in [0.4, 0.5) is 0 Å². The molecule has 0 unspecified atom stereocenters. The van der Waals surface area contributed by atoms with Gasteiger partial charge < -0.3 is 0 Å². The molecule has 0 saturated carbocycles. The van der Waals surface area contributed by atoms with Crippen LogP contribution in [0.5, 0.6) is 0 Å². The fourth-order valence-corrected chi connectivity index (χ4v) is 7.94. The first-order chi connectivity index (χ1) is 21.3. The van der Waals surface area contributed by atoms with Gasteiger partial charge in [0, 0.05) is 0 Å². The topological polar surface area (TPSA) is 0 Å². The highest BCUT2D eigenvalue weighted by atomic mass is 14.4. The molecular weight excluding hydrogens is 516 g/mol. The molecular formula is C43H26. The molecule has 0 aliphatic heterocycles. The van der Waals surface area contributed by atoms with Crippen LogP contribution < -0.4 is 0 Å². The molecule has 10 rings (SSSR count). The zero-order valence-electron chi connectivity index (χ0n) is 23.6. The van der Waals surface area contributed by atoms with Crippen molar-refractivity contribution < 1.29 is 0 Å². The minimum absolute atomic E-state index is 1.02. The van der Waals surface area contributed by atoms with Gasteiger partial charge in [-0.15, -0.1) is 0 Å². The Bertz CT molecular complexity index is 2460. The number of hydrogen-bond acceptors (Lipinski definition) is 0. The van der Waals surface area contributed by atoms with Gasteiger partial charge in [-0.3, -0.25) is 0 Å². The standard InChI is InChI=1S/C43H26/c1-4-15-32-27(9-1)13-8-18-35(32)41-40-34-17-6-3-11-29(34)22-24-37(40)42-38(31-20-19-26-12-7-14-30(26)25-31)39-33-16-5-2-10-28(33)21-23-36(39)43(41)42/h1-11,13-25H,12H2. The minimum Gasteiger partial charge on any atom is -0.0795 e. The van der Waals surface area contributed by atoms with Crippen LogP contribution in [0, 0.1) is 0 Å². The van der Waals surface area contributed by atoms with E-state index < -0.39 is 0 Å². The fraction of sp³-hybridized carbons (Fsp3) is 0.0233. The average molecular weight is 543 g/mol. The van der Waals surface area contributed by atoms with Crippen LogP contribution in [0.15, 0.2) is 140 Å². The van der Waals surface area contributed by atoms with E-state index in [1.165, 1.54) is 99.1 Å². The van der Waals surface area contributed by atoms with Crippen LogP contribution in [-0.4, -0.2) is 0 Å². The van der Waals surface area contributed by atoms with Gasteiger partial charge >= 0.3 is 0 Å². The SMILES string of the molecule is C1=Cc2cc(C3=C4C(=C(c5cccc6ccccc56)c5c4ccc4ccccc54)c4ccc5ccccc5c43)ccc2C1. The van der Waals surface area contributed by atoms with Gasteiger partial charge in [-0.05, 0) is 112 Å². The van der Waals surface area contributed by atoms with Gasteiger partial charge in [0.2, 0.25) is 0 Å². The number of rotatable bonds is 2. The number of hydrogen-bond donors (Lipinski definition) is 0. The number of benzene rings is 7. The van der Waals surface area contributed by atoms with Crippen molar-refractivity contribution in [2.45, 2.75) is 6.42 Å². The van der Waals surface area contributed by atoms with E-state index in [2.05, 4.69) is 146 Å². The first-order valence-corrected chi connectivity index (χ1v) is 15.2. The molecule has 7 aromatic carbocycles. The van der Waals surface area contributed by atoms with E-state index in [0.29, 0.717) is 0 Å². The van der Waals surface area contributed by atoms with Crippen molar-refractivity contribution in [3.8, 4) is 0 Å². The Morgan fingerprint density at radius 1 is 0.395 bits per heavy atom. The number of allylic oxidation sites excluding steroid dienone is 3. The van der Waals surface area contributed by atoms with Crippen LogP contribution in [0.1, 0.15) is 44.5 Å². The zero-order valence-corrected chi connectivity index (χ0v) is 23.6. The van der Waals surface area contributed by atoms with Crippen molar-refractivity contribution in [1.82, 2.24) is 0 Å². The first-order valence-electron chi connectivity index (χ1n) is 15.2. The van der Waals surface area contributed by atoms with Gasteiger partial charge in [0.05, 0.1) is 0 Å². The van der Waals surface area contributed by atoms with Crippen LogP contribution in [0.2, 0.25) is 0 Å². The van der Waals surface area contributed by atoms with Crippen LogP contribution in [0.3, 0.4) is 0 Å². The molecule has 0 saturated heterocycles. The van der Waals surface area contributed by atoms with Gasteiger partial charge in [-0.2, -0.15) is 0 Å². The van der Waals surface area contributed by atoms with Gasteiger partial charge in [0.15, 0.2) is 0 Å². The Kier molecular flexibility index (Phi) is 4.59. The van der Waals surface area contributed by atoms with Gasteiger partial charge in [0.1, 0.15) is 0 Å². The summed E-state index contributed by atoms with van der Waals surface area (Å²) in [5, 5.41) is 7.77. The second kappa shape index (κ2) is 8.53. The van der Waals surface area contributed by atoms with Gasteiger partial charge in [-0.1, -0.05) is 140 Å². The lowest BCUT2D eigenvalue weighted by Crippen LogP contribution is -1.96. The molecule has 0 atom stereocenters. The molecule has 3 aliphatic carbocycles. The summed E-state index contributed by atoms with van der Waals surface area (Å²) < 4.78 is 0. The Balaban J connectivity index is 1.44. The predicted molar refractivity (Wildman–Crippen MR) is 183 cm³/mol. The maximum atomic E-state index is 2.42. The summed E-state index contributed by atoms with van der Waals surface area (Å²) in [6, 6.07) is 49.9. The summed E-state index contributed by atoms with van der Waals surface area (Å²) in [5.74, 6) is 0. The second-order valence-electron chi connectivity index (χ2n) is 12.0. The van der Waals surface area contributed by atoms with Gasteiger partial charge in [-0.25, -0.2) is 0 Å². The van der Waals surface area contributed by atoms with E-state index >= 15 is 0 Å². The van der Waals surface area contributed by atoms with Crippen LogP contribution >= 0.6 is 0 Å². The molecule has 0 spiro atoms. The molecule has 0 nitrogen and oxygen atoms in total. The summed E-state index contributed by atoms with van der Waals surface area (Å²) >= 11 is 0. The summed E-state index contributed by atoms with van der Waals surface area (Å²) in [6.07, 6.45) is 5.59. The highest BCUT2D eigenvalue weighted by Crippen LogP contribution is 2.61. The third-order valence-electron chi connectivity index (χ3n) is 9.78. The monoisotopic (exact) mass is 542 g/mol. The largest absolute Gasteiger partial charge is 0.0795 e. The van der Waals surface area contributed by atoms with Crippen molar-refractivity contribution in [2.24, 2.45) is 0 Å². The smallest absolute Gasteiger partial charge is 0.000696 e. The predicted octanol–water partition coefficient (Wildman–Crippen LogP) is 11.0. The summed E-state index contributed by atoms with van der Waals surface area (Å²) in [5.41, 5.74) is 16.2. The molecule has 0 bridgehead atoms. The van der Waals surface area contributed by atoms with Crippen molar-refractivity contribution in [3.63, 3.8) is 0 Å². The summed E-state index contributed by atoms with van der Waals surface area (Å²) in [4.78, 5) is 0. The average Bonchev–Trinajstić information content (AvgIpc) is 3.76. The highest BCUT2D eigenvalue weighted by molar-refractivity contribution is 6.39. The lowest BCUT2D eigenvalue weighted by Gasteiger charge is -2.17. The third-order valence-corrected chi connectivity index (χ3v) is 9.78. The molecule has 0 heteroatoms. The lowest BCUT2D eigenvalue weighted by molar-refractivity contribution is 1.31. The van der Waals surface area contributed by atoms with Crippen molar-refractivity contribution in [1.29, 1.82) is 0 Å². The van der Waals surface area contributed by atoms with E-state index in [0.717, 1.165) is 6.42 Å². The van der Waals surface area contributed by atoms with Crippen LogP contribution in [0.25, 0.3) is 60.7 Å². The van der Waals surface area contributed by atoms with E-state index in [1.54, 1.807) is 0 Å². The second-order valence-corrected chi connectivity index (χ2v) is 12.0. The Morgan fingerprint density at radius 3 is 1.70 bits per heavy atom. The third kappa shape index (κ3) is 3.10. The molecule has 0 fully saturated rings.